The Morgan fingerprint density at radius 3 is 2.63 bits per heavy atom. The van der Waals surface area contributed by atoms with Crippen LogP contribution in [0.2, 0.25) is 0 Å². The molecule has 0 bridgehead atoms. The summed E-state index contributed by atoms with van der Waals surface area (Å²) >= 11 is 0. The molecule has 2 saturated heterocycles. The van der Waals surface area contributed by atoms with Crippen molar-refractivity contribution in [2.24, 2.45) is 0 Å². The summed E-state index contributed by atoms with van der Waals surface area (Å²) in [7, 11) is 2.18. The number of hydrogen-bond acceptors (Lipinski definition) is 5. The smallest absolute Gasteiger partial charge is 0.336 e. The Morgan fingerprint density at radius 1 is 1.22 bits per heavy atom. The number of pyridine rings is 1. The second kappa shape index (κ2) is 7.40. The molecular formula is C20H27N5O2. The normalized spacial score (nSPS) is 19.9. The summed E-state index contributed by atoms with van der Waals surface area (Å²) in [5.74, 6) is -0.911. The van der Waals surface area contributed by atoms with Crippen molar-refractivity contribution in [2.45, 2.75) is 38.3 Å². The van der Waals surface area contributed by atoms with E-state index in [2.05, 4.69) is 32.7 Å². The van der Waals surface area contributed by atoms with Crippen LogP contribution >= 0.6 is 0 Å². The highest BCUT2D eigenvalue weighted by atomic mass is 16.4. The Morgan fingerprint density at radius 2 is 1.96 bits per heavy atom. The molecule has 0 amide bonds. The number of carbonyl (C=O) groups is 1. The maximum absolute atomic E-state index is 11.4. The quantitative estimate of drug-likeness (QED) is 0.867. The van der Waals surface area contributed by atoms with Gasteiger partial charge in [-0.15, -0.1) is 0 Å². The maximum atomic E-state index is 11.4. The molecule has 2 fully saturated rings. The van der Waals surface area contributed by atoms with Gasteiger partial charge in [-0.3, -0.25) is 14.6 Å². The summed E-state index contributed by atoms with van der Waals surface area (Å²) in [6, 6.07) is 2.72. The van der Waals surface area contributed by atoms with Gasteiger partial charge in [0, 0.05) is 57.2 Å². The number of nitrogens with zero attached hydrogens (tertiary/aromatic N) is 5. The molecule has 4 rings (SSSR count). The molecule has 0 spiro atoms. The summed E-state index contributed by atoms with van der Waals surface area (Å²) in [5, 5.41) is 14.1. The maximum Gasteiger partial charge on any atom is 0.336 e. The number of hydrogen-bond donors (Lipinski definition) is 1. The molecule has 4 heterocycles. The lowest BCUT2D eigenvalue weighted by Crippen LogP contribution is -2.59. The fourth-order valence-corrected chi connectivity index (χ4v) is 4.27. The zero-order valence-corrected chi connectivity index (χ0v) is 16.0. The third kappa shape index (κ3) is 3.75. The van der Waals surface area contributed by atoms with Crippen LogP contribution in [0, 0.1) is 6.92 Å². The summed E-state index contributed by atoms with van der Waals surface area (Å²) < 4.78 is 2.10. The first-order chi connectivity index (χ1) is 13.0. The van der Waals surface area contributed by atoms with Crippen LogP contribution in [0.3, 0.4) is 0 Å². The lowest BCUT2D eigenvalue weighted by atomic mass is 10.00. The molecule has 7 heteroatoms. The highest BCUT2D eigenvalue weighted by Gasteiger charge is 2.32. The molecule has 27 heavy (non-hydrogen) atoms. The minimum Gasteiger partial charge on any atom is -0.478 e. The first-order valence-corrected chi connectivity index (χ1v) is 9.64. The molecule has 2 aromatic rings. The largest absolute Gasteiger partial charge is 0.478 e. The average molecular weight is 369 g/mol. The molecule has 144 valence electrons. The Hall–Kier alpha value is -2.25. The van der Waals surface area contributed by atoms with Gasteiger partial charge in [-0.1, -0.05) is 0 Å². The molecule has 2 aliphatic heterocycles. The van der Waals surface area contributed by atoms with Crippen LogP contribution in [0.4, 0.5) is 0 Å². The molecule has 0 radical (unpaired) electrons. The van der Waals surface area contributed by atoms with E-state index in [0.717, 1.165) is 48.8 Å². The second-order valence-electron chi connectivity index (χ2n) is 7.88. The van der Waals surface area contributed by atoms with Crippen molar-refractivity contribution < 1.29 is 9.90 Å². The van der Waals surface area contributed by atoms with Crippen LogP contribution in [0.5, 0.6) is 0 Å². The number of likely N-dealkylation sites (tertiary alicyclic amines) is 2. The Bertz CT molecular complexity index is 820. The topological polar surface area (TPSA) is 74.5 Å². The van der Waals surface area contributed by atoms with Gasteiger partial charge in [0.05, 0.1) is 17.3 Å². The summed E-state index contributed by atoms with van der Waals surface area (Å²) in [6.07, 6.45) is 8.06. The molecule has 0 aromatic carbocycles. The minimum absolute atomic E-state index is 0.316. The third-order valence-corrected chi connectivity index (χ3v) is 5.97. The van der Waals surface area contributed by atoms with Gasteiger partial charge in [0.2, 0.25) is 0 Å². The van der Waals surface area contributed by atoms with Crippen molar-refractivity contribution in [3.05, 3.63) is 47.0 Å². The van der Waals surface area contributed by atoms with E-state index in [0.29, 0.717) is 18.0 Å². The molecule has 2 aromatic heterocycles. The Balaban J connectivity index is 1.43. The molecule has 2 aliphatic rings. The zero-order chi connectivity index (χ0) is 19.0. The van der Waals surface area contributed by atoms with Gasteiger partial charge in [-0.25, -0.2) is 4.79 Å². The van der Waals surface area contributed by atoms with E-state index < -0.39 is 5.97 Å². The van der Waals surface area contributed by atoms with Gasteiger partial charge in [0.15, 0.2) is 0 Å². The molecule has 0 unspecified atom stereocenters. The van der Waals surface area contributed by atoms with Gasteiger partial charge in [0.1, 0.15) is 0 Å². The lowest BCUT2D eigenvalue weighted by molar-refractivity contribution is 0.0295. The van der Waals surface area contributed by atoms with Crippen molar-refractivity contribution in [3.63, 3.8) is 0 Å². The molecule has 0 atom stereocenters. The monoisotopic (exact) mass is 369 g/mol. The fraction of sp³-hybridized carbons (Fsp3) is 0.550. The summed E-state index contributed by atoms with van der Waals surface area (Å²) in [4.78, 5) is 20.5. The van der Waals surface area contributed by atoms with Crippen LogP contribution in [-0.4, -0.2) is 74.9 Å². The fourth-order valence-electron chi connectivity index (χ4n) is 4.27. The van der Waals surface area contributed by atoms with Crippen LogP contribution in [0.25, 0.3) is 0 Å². The van der Waals surface area contributed by atoms with E-state index in [4.69, 9.17) is 5.10 Å². The van der Waals surface area contributed by atoms with E-state index >= 15 is 0 Å². The van der Waals surface area contributed by atoms with E-state index in [9.17, 15) is 9.90 Å². The van der Waals surface area contributed by atoms with Crippen molar-refractivity contribution in [1.82, 2.24) is 24.6 Å². The molecule has 0 aliphatic carbocycles. The lowest BCUT2D eigenvalue weighted by Gasteiger charge is -2.46. The summed E-state index contributed by atoms with van der Waals surface area (Å²) in [5.41, 5.74) is 3.10. The van der Waals surface area contributed by atoms with E-state index in [-0.39, 0.29) is 0 Å². The number of aromatic carboxylic acids is 1. The van der Waals surface area contributed by atoms with Crippen LogP contribution in [0.15, 0.2) is 24.7 Å². The molecule has 0 saturated carbocycles. The second-order valence-corrected chi connectivity index (χ2v) is 7.88. The van der Waals surface area contributed by atoms with Gasteiger partial charge in [-0.05, 0) is 44.0 Å². The van der Waals surface area contributed by atoms with Crippen molar-refractivity contribution >= 4 is 5.97 Å². The Kier molecular flexibility index (Phi) is 4.97. The number of aryl methyl sites for hydroxylation is 1. The predicted molar refractivity (Wildman–Crippen MR) is 102 cm³/mol. The van der Waals surface area contributed by atoms with Crippen molar-refractivity contribution in [3.8, 4) is 0 Å². The average Bonchev–Trinajstić information content (AvgIpc) is 3.00. The highest BCUT2D eigenvalue weighted by molar-refractivity contribution is 5.89. The van der Waals surface area contributed by atoms with Crippen LogP contribution < -0.4 is 0 Å². The standard InChI is InChI=1S/C20H27N5O2/c1-14-16(9-15-10-21-6-3-19(15)20(26)27)11-25(22-14)17-4-7-24(8-5-17)18-12-23(2)13-18/h3,6,10-11,17-18H,4-5,7-9,12-13H2,1-2H3,(H,26,27). The van der Waals surface area contributed by atoms with Crippen molar-refractivity contribution in [1.29, 1.82) is 0 Å². The number of rotatable bonds is 5. The number of carboxylic acids is 1. The van der Waals surface area contributed by atoms with E-state index in [1.54, 1.807) is 12.3 Å². The van der Waals surface area contributed by atoms with Gasteiger partial charge in [-0.2, -0.15) is 5.10 Å². The van der Waals surface area contributed by atoms with E-state index in [1.807, 2.05) is 6.92 Å². The first kappa shape index (κ1) is 18.1. The first-order valence-electron chi connectivity index (χ1n) is 9.64. The predicted octanol–water partition coefficient (Wildman–Crippen LogP) is 1.83. The van der Waals surface area contributed by atoms with Gasteiger partial charge >= 0.3 is 5.97 Å². The van der Waals surface area contributed by atoms with Gasteiger partial charge in [0.25, 0.3) is 0 Å². The van der Waals surface area contributed by atoms with E-state index in [1.165, 1.54) is 19.3 Å². The number of carboxylic acid groups (broad SMARTS) is 1. The third-order valence-electron chi connectivity index (χ3n) is 5.97. The number of piperidine rings is 1. The molecular weight excluding hydrogens is 342 g/mol. The summed E-state index contributed by atoms with van der Waals surface area (Å²) in [6.45, 7) is 6.63. The zero-order valence-electron chi connectivity index (χ0n) is 16.0. The van der Waals surface area contributed by atoms with Gasteiger partial charge < -0.3 is 10.0 Å². The minimum atomic E-state index is -0.911. The van der Waals surface area contributed by atoms with Crippen LogP contribution in [-0.2, 0) is 6.42 Å². The Labute approximate surface area is 159 Å². The van der Waals surface area contributed by atoms with Crippen molar-refractivity contribution in [2.75, 3.05) is 33.2 Å². The SMILES string of the molecule is Cc1nn(C2CCN(C3CN(C)C3)CC2)cc1Cc1cnccc1C(=O)O. The highest BCUT2D eigenvalue weighted by Crippen LogP contribution is 2.27. The molecule has 7 nitrogen and oxygen atoms in total. The molecule has 1 N–H and O–H groups in total. The number of likely N-dealkylation sites (N-methyl/N-ethyl adjacent to an activating group) is 1. The number of aromatic nitrogens is 3. The van der Waals surface area contributed by atoms with Crippen LogP contribution in [0.1, 0.15) is 46.1 Å².